The fraction of sp³-hybridized carbons (Fsp3) is 0.429. The summed E-state index contributed by atoms with van der Waals surface area (Å²) in [6, 6.07) is 4.00. The van der Waals surface area contributed by atoms with E-state index in [1.165, 1.54) is 9.75 Å². The zero-order valence-corrected chi connectivity index (χ0v) is 14.8. The highest BCUT2D eigenvalue weighted by Gasteiger charge is 2.06. The van der Waals surface area contributed by atoms with E-state index in [1.54, 1.807) is 29.7 Å². The predicted octanol–water partition coefficient (Wildman–Crippen LogP) is 3.38. The molecule has 0 bridgehead atoms. The third kappa shape index (κ3) is 4.98. The van der Waals surface area contributed by atoms with Gasteiger partial charge in [0, 0.05) is 23.3 Å². The fourth-order valence-electron chi connectivity index (χ4n) is 1.91. The summed E-state index contributed by atoms with van der Waals surface area (Å²) >= 11 is 9.26. The van der Waals surface area contributed by atoms with Gasteiger partial charge in [0.2, 0.25) is 0 Å². The molecule has 0 aliphatic carbocycles. The van der Waals surface area contributed by atoms with E-state index in [0.29, 0.717) is 0 Å². The summed E-state index contributed by atoms with van der Waals surface area (Å²) in [5.41, 5.74) is 1.09. The molecule has 0 radical (unpaired) electrons. The van der Waals surface area contributed by atoms with Gasteiger partial charge in [-0.15, -0.1) is 22.7 Å². The Balaban J connectivity index is 1.77. The molecule has 0 saturated carbocycles. The number of aryl methyl sites for hydroxylation is 2. The first-order valence-corrected chi connectivity index (χ1v) is 8.71. The molecule has 0 amide bonds. The number of nitrogens with zero attached hydrogens (tertiary/aromatic N) is 2. The van der Waals surface area contributed by atoms with Crippen molar-refractivity contribution in [2.45, 2.75) is 26.8 Å². The molecule has 0 spiro atoms. The molecule has 2 heterocycles. The number of hydrogen-bond acceptors (Lipinski definition) is 4. The second kappa shape index (κ2) is 7.77. The summed E-state index contributed by atoms with van der Waals surface area (Å²) in [6.07, 6.45) is 0.941. The van der Waals surface area contributed by atoms with Crippen molar-refractivity contribution in [1.82, 2.24) is 15.6 Å². The van der Waals surface area contributed by atoms with Crippen LogP contribution in [0.4, 0.5) is 0 Å². The van der Waals surface area contributed by atoms with Crippen molar-refractivity contribution < 1.29 is 0 Å². The van der Waals surface area contributed by atoms with Crippen LogP contribution in [0.1, 0.15) is 20.5 Å². The summed E-state index contributed by atoms with van der Waals surface area (Å²) in [6.45, 7) is 5.65. The van der Waals surface area contributed by atoms with Crippen LogP contribution in [-0.2, 0) is 13.0 Å². The Labute approximate surface area is 138 Å². The van der Waals surface area contributed by atoms with Crippen LogP contribution in [0.3, 0.4) is 0 Å². The van der Waals surface area contributed by atoms with Gasteiger partial charge in [0.1, 0.15) is 0 Å². The molecule has 0 aromatic carbocycles. The van der Waals surface area contributed by atoms with E-state index in [4.69, 9.17) is 11.6 Å². The van der Waals surface area contributed by atoms with Gasteiger partial charge in [-0.2, -0.15) is 0 Å². The molecule has 2 aromatic rings. The van der Waals surface area contributed by atoms with Crippen molar-refractivity contribution in [3.8, 4) is 0 Å². The number of nitrogens with one attached hydrogen (secondary N) is 2. The van der Waals surface area contributed by atoms with E-state index < -0.39 is 0 Å². The minimum absolute atomic E-state index is 0.752. The first-order valence-electron chi connectivity index (χ1n) is 6.70. The molecule has 2 N–H and O–H groups in total. The molecular formula is C14H19ClN4S2. The Morgan fingerprint density at radius 2 is 2.10 bits per heavy atom. The number of hydrogen-bond donors (Lipinski definition) is 2. The lowest BCUT2D eigenvalue weighted by Gasteiger charge is -2.10. The SMILES string of the molecule is CN=C(NCCc1ccc(Cl)s1)NCc1sc(C)nc1C. The zero-order chi connectivity index (χ0) is 15.2. The Hall–Kier alpha value is -1.11. The van der Waals surface area contributed by atoms with Gasteiger partial charge < -0.3 is 10.6 Å². The van der Waals surface area contributed by atoms with E-state index in [1.807, 2.05) is 19.9 Å². The maximum atomic E-state index is 5.92. The van der Waals surface area contributed by atoms with Crippen LogP contribution < -0.4 is 10.6 Å². The molecule has 0 aliphatic heterocycles. The van der Waals surface area contributed by atoms with Gasteiger partial charge >= 0.3 is 0 Å². The molecule has 2 aromatic heterocycles. The molecule has 21 heavy (non-hydrogen) atoms. The van der Waals surface area contributed by atoms with Crippen LogP contribution in [0, 0.1) is 13.8 Å². The summed E-state index contributed by atoms with van der Waals surface area (Å²) in [4.78, 5) is 11.2. The van der Waals surface area contributed by atoms with Crippen LogP contribution >= 0.6 is 34.3 Å². The Kier molecular flexibility index (Phi) is 6.02. The maximum Gasteiger partial charge on any atom is 0.191 e. The molecule has 0 unspecified atom stereocenters. The summed E-state index contributed by atoms with van der Waals surface area (Å²) < 4.78 is 0.837. The highest BCUT2D eigenvalue weighted by Crippen LogP contribution is 2.21. The minimum atomic E-state index is 0.752. The second-order valence-electron chi connectivity index (χ2n) is 4.55. The van der Waals surface area contributed by atoms with Crippen LogP contribution in [0.25, 0.3) is 0 Å². The zero-order valence-electron chi connectivity index (χ0n) is 12.4. The first-order chi connectivity index (χ1) is 10.1. The molecule has 4 nitrogen and oxygen atoms in total. The number of aromatic nitrogens is 1. The first kappa shape index (κ1) is 16.3. The van der Waals surface area contributed by atoms with Gasteiger partial charge in [-0.1, -0.05) is 11.6 Å². The molecule has 7 heteroatoms. The molecule has 0 saturated heterocycles. The Bertz CT molecular complexity index is 618. The van der Waals surface area contributed by atoms with Crippen LogP contribution in [-0.4, -0.2) is 24.5 Å². The normalized spacial score (nSPS) is 11.7. The third-order valence-electron chi connectivity index (χ3n) is 2.93. The van der Waals surface area contributed by atoms with Crippen molar-refractivity contribution in [1.29, 1.82) is 0 Å². The number of thiophene rings is 1. The number of thiazole rings is 1. The van der Waals surface area contributed by atoms with E-state index in [2.05, 4.69) is 26.7 Å². The average molecular weight is 343 g/mol. The van der Waals surface area contributed by atoms with Gasteiger partial charge in [0.05, 0.1) is 21.6 Å². The molecule has 114 valence electrons. The molecule has 2 rings (SSSR count). The Morgan fingerprint density at radius 1 is 1.29 bits per heavy atom. The van der Waals surface area contributed by atoms with Crippen LogP contribution in [0.15, 0.2) is 17.1 Å². The Morgan fingerprint density at radius 3 is 2.67 bits per heavy atom. The number of guanidine groups is 1. The van der Waals surface area contributed by atoms with Crippen molar-refractivity contribution in [2.75, 3.05) is 13.6 Å². The number of halogens is 1. The molecular weight excluding hydrogens is 324 g/mol. The summed E-state index contributed by atoms with van der Waals surface area (Å²) in [7, 11) is 1.78. The van der Waals surface area contributed by atoms with Gasteiger partial charge in [0.25, 0.3) is 0 Å². The van der Waals surface area contributed by atoms with Gasteiger partial charge in [-0.25, -0.2) is 4.98 Å². The van der Waals surface area contributed by atoms with Gasteiger partial charge in [-0.05, 0) is 32.4 Å². The highest BCUT2D eigenvalue weighted by atomic mass is 35.5. The van der Waals surface area contributed by atoms with E-state index >= 15 is 0 Å². The van der Waals surface area contributed by atoms with Crippen LogP contribution in [0.2, 0.25) is 4.34 Å². The monoisotopic (exact) mass is 342 g/mol. The number of aliphatic imine (C=N–C) groups is 1. The van der Waals surface area contributed by atoms with Crippen LogP contribution in [0.5, 0.6) is 0 Å². The van der Waals surface area contributed by atoms with Crippen molar-refractivity contribution in [3.63, 3.8) is 0 Å². The smallest absolute Gasteiger partial charge is 0.191 e. The van der Waals surface area contributed by atoms with Crippen molar-refractivity contribution in [2.24, 2.45) is 4.99 Å². The maximum absolute atomic E-state index is 5.92. The summed E-state index contributed by atoms with van der Waals surface area (Å²) in [5.74, 6) is 0.808. The van der Waals surface area contributed by atoms with Crippen molar-refractivity contribution in [3.05, 3.63) is 36.9 Å². The molecule has 0 fully saturated rings. The second-order valence-corrected chi connectivity index (χ2v) is 7.64. The topological polar surface area (TPSA) is 49.3 Å². The standard InChI is InChI=1S/C14H19ClN4S2/c1-9-12(20-10(2)19-9)8-18-14(16-3)17-7-6-11-4-5-13(15)21-11/h4-5H,6-8H2,1-3H3,(H2,16,17,18). The largest absolute Gasteiger partial charge is 0.356 e. The third-order valence-corrected chi connectivity index (χ3v) is 5.30. The predicted molar refractivity (Wildman–Crippen MR) is 92.8 cm³/mol. The van der Waals surface area contributed by atoms with Gasteiger partial charge in [-0.3, -0.25) is 4.99 Å². The average Bonchev–Trinajstić information content (AvgIpc) is 2.99. The molecule has 0 atom stereocenters. The lowest BCUT2D eigenvalue weighted by atomic mass is 10.3. The summed E-state index contributed by atoms with van der Waals surface area (Å²) in [5, 5.41) is 7.73. The molecule has 0 aliphatic rings. The van der Waals surface area contributed by atoms with Crippen molar-refractivity contribution >= 4 is 40.2 Å². The van der Waals surface area contributed by atoms with E-state index in [9.17, 15) is 0 Å². The lowest BCUT2D eigenvalue weighted by molar-refractivity contribution is 0.801. The number of rotatable bonds is 5. The van der Waals surface area contributed by atoms with E-state index in [0.717, 1.165) is 40.5 Å². The minimum Gasteiger partial charge on any atom is -0.356 e. The highest BCUT2D eigenvalue weighted by molar-refractivity contribution is 7.16. The quantitative estimate of drug-likeness (QED) is 0.647. The fourth-order valence-corrected chi connectivity index (χ4v) is 3.88. The van der Waals surface area contributed by atoms with E-state index in [-0.39, 0.29) is 0 Å². The lowest BCUT2D eigenvalue weighted by Crippen LogP contribution is -2.37. The van der Waals surface area contributed by atoms with Gasteiger partial charge in [0.15, 0.2) is 5.96 Å².